The fraction of sp³-hybridized carbons (Fsp3) is 0.400. The van der Waals surface area contributed by atoms with Crippen molar-refractivity contribution in [1.82, 2.24) is 0 Å². The highest BCUT2D eigenvalue weighted by Crippen LogP contribution is 2.30. The number of benzene rings is 1. The van der Waals surface area contributed by atoms with Crippen molar-refractivity contribution < 1.29 is 23.0 Å². The zero-order chi connectivity index (χ0) is 13.1. The van der Waals surface area contributed by atoms with Crippen LogP contribution in [-0.2, 0) is 6.42 Å². The highest BCUT2D eigenvalue weighted by Gasteiger charge is 2.32. The van der Waals surface area contributed by atoms with Crippen molar-refractivity contribution in [2.24, 2.45) is 5.73 Å². The van der Waals surface area contributed by atoms with Crippen molar-refractivity contribution in [2.45, 2.75) is 18.8 Å². The highest BCUT2D eigenvalue weighted by atomic mass is 35.5. The Hall–Kier alpha value is -0.690. The lowest BCUT2D eigenvalue weighted by Crippen LogP contribution is -2.26. The van der Waals surface area contributed by atoms with Crippen LogP contribution in [0.4, 0.5) is 13.2 Å². The molecule has 0 aromatic heterocycles. The number of hydrogen-bond acceptors (Lipinski definition) is 3. The Morgan fingerprint density at radius 3 is 2.44 bits per heavy atom. The first-order valence-corrected chi connectivity index (χ1v) is 5.10. The maximum Gasteiger partial charge on any atom is 0.573 e. The number of hydrogen-bond donors (Lipinski definition) is 2. The molecule has 3 N–H and O–H groups in total. The molecular weight excluding hydrogens is 294 g/mol. The minimum Gasteiger partial charge on any atom is -0.404 e. The Labute approximate surface area is 113 Å². The molecule has 1 rings (SSSR count). The summed E-state index contributed by atoms with van der Waals surface area (Å²) < 4.78 is 39.6. The van der Waals surface area contributed by atoms with Crippen molar-refractivity contribution in [1.29, 1.82) is 0 Å². The summed E-state index contributed by atoms with van der Waals surface area (Å²) in [6.45, 7) is -0.210. The van der Waals surface area contributed by atoms with Gasteiger partial charge in [-0.2, -0.15) is 0 Å². The van der Waals surface area contributed by atoms with E-state index in [-0.39, 0.29) is 24.0 Å². The van der Waals surface area contributed by atoms with Crippen LogP contribution in [0.1, 0.15) is 5.56 Å². The second kappa shape index (κ2) is 7.04. The molecule has 1 atom stereocenters. The standard InChI is InChI=1S/C10H11ClF3NO2.ClH/c11-8-4-6(3-7(15)5-16)1-2-9(8)17-10(12,13)14;/h1-2,4,7,16H,3,5,15H2;1H. The van der Waals surface area contributed by atoms with Gasteiger partial charge in [0, 0.05) is 6.04 Å². The number of ether oxygens (including phenoxy) is 1. The predicted molar refractivity (Wildman–Crippen MR) is 64.1 cm³/mol. The number of aliphatic hydroxyl groups excluding tert-OH is 1. The Morgan fingerprint density at radius 2 is 2.00 bits per heavy atom. The predicted octanol–water partition coefficient (Wildman–Crippen LogP) is 2.52. The van der Waals surface area contributed by atoms with Crippen molar-refractivity contribution in [3.8, 4) is 5.75 Å². The molecule has 1 unspecified atom stereocenters. The van der Waals surface area contributed by atoms with Gasteiger partial charge in [0.1, 0.15) is 5.75 Å². The van der Waals surface area contributed by atoms with E-state index in [1.54, 1.807) is 0 Å². The van der Waals surface area contributed by atoms with Crippen LogP contribution >= 0.6 is 24.0 Å². The Kier molecular flexibility index (Phi) is 6.77. The number of rotatable bonds is 4. The molecule has 0 radical (unpaired) electrons. The van der Waals surface area contributed by atoms with Crippen LogP contribution in [0.15, 0.2) is 18.2 Å². The zero-order valence-corrected chi connectivity index (χ0v) is 10.6. The van der Waals surface area contributed by atoms with Gasteiger partial charge in [0.15, 0.2) is 0 Å². The van der Waals surface area contributed by atoms with Crippen molar-refractivity contribution in [2.75, 3.05) is 6.61 Å². The van der Waals surface area contributed by atoms with E-state index in [1.807, 2.05) is 0 Å². The SMILES string of the molecule is Cl.NC(CO)Cc1ccc(OC(F)(F)F)c(Cl)c1. The third kappa shape index (κ3) is 5.77. The Morgan fingerprint density at radius 1 is 1.39 bits per heavy atom. The molecule has 0 aliphatic rings. The molecule has 0 amide bonds. The topological polar surface area (TPSA) is 55.5 Å². The molecule has 0 heterocycles. The molecule has 0 saturated carbocycles. The summed E-state index contributed by atoms with van der Waals surface area (Å²) in [5, 5.41) is 8.59. The second-order valence-corrected chi connectivity index (χ2v) is 3.87. The summed E-state index contributed by atoms with van der Waals surface area (Å²) in [5.41, 5.74) is 6.12. The van der Waals surface area contributed by atoms with E-state index < -0.39 is 18.2 Å². The van der Waals surface area contributed by atoms with Gasteiger partial charge in [-0.05, 0) is 24.1 Å². The molecule has 1 aromatic rings. The minimum atomic E-state index is -4.77. The van der Waals surface area contributed by atoms with Gasteiger partial charge >= 0.3 is 6.36 Å². The lowest BCUT2D eigenvalue weighted by atomic mass is 10.1. The smallest absolute Gasteiger partial charge is 0.404 e. The van der Waals surface area contributed by atoms with E-state index in [1.165, 1.54) is 12.1 Å². The lowest BCUT2D eigenvalue weighted by molar-refractivity contribution is -0.274. The van der Waals surface area contributed by atoms with E-state index in [4.69, 9.17) is 22.4 Å². The lowest BCUT2D eigenvalue weighted by Gasteiger charge is -2.12. The Bertz CT molecular complexity index is 388. The largest absolute Gasteiger partial charge is 0.573 e. The second-order valence-electron chi connectivity index (χ2n) is 3.46. The van der Waals surface area contributed by atoms with Gasteiger partial charge in [-0.15, -0.1) is 25.6 Å². The van der Waals surface area contributed by atoms with Crippen molar-refractivity contribution in [3.05, 3.63) is 28.8 Å². The molecule has 0 aliphatic heterocycles. The highest BCUT2D eigenvalue weighted by molar-refractivity contribution is 6.32. The normalized spacial score (nSPS) is 12.8. The monoisotopic (exact) mass is 305 g/mol. The summed E-state index contributed by atoms with van der Waals surface area (Å²) >= 11 is 5.63. The molecule has 0 saturated heterocycles. The van der Waals surface area contributed by atoms with E-state index in [9.17, 15) is 13.2 Å². The number of nitrogens with two attached hydrogens (primary N) is 1. The molecule has 8 heteroatoms. The summed E-state index contributed by atoms with van der Waals surface area (Å²) in [4.78, 5) is 0. The first-order valence-electron chi connectivity index (χ1n) is 4.72. The average Bonchev–Trinajstić information content (AvgIpc) is 2.20. The molecule has 0 aliphatic carbocycles. The van der Waals surface area contributed by atoms with Crippen molar-refractivity contribution in [3.63, 3.8) is 0 Å². The van der Waals surface area contributed by atoms with Crippen LogP contribution in [0, 0.1) is 0 Å². The molecular formula is C10H12Cl2F3NO2. The third-order valence-electron chi connectivity index (χ3n) is 1.95. The fourth-order valence-corrected chi connectivity index (χ4v) is 1.49. The first-order chi connectivity index (χ1) is 7.81. The maximum absolute atomic E-state index is 12.0. The molecule has 3 nitrogen and oxygen atoms in total. The summed E-state index contributed by atoms with van der Waals surface area (Å²) in [6, 6.07) is 3.40. The average molecular weight is 306 g/mol. The van der Waals surface area contributed by atoms with Crippen LogP contribution < -0.4 is 10.5 Å². The molecule has 104 valence electrons. The van der Waals surface area contributed by atoms with Crippen LogP contribution in [0.25, 0.3) is 0 Å². The summed E-state index contributed by atoms with van der Waals surface area (Å²) in [7, 11) is 0. The van der Waals surface area contributed by atoms with Gasteiger partial charge < -0.3 is 15.6 Å². The molecule has 0 fully saturated rings. The quantitative estimate of drug-likeness (QED) is 0.899. The van der Waals surface area contributed by atoms with Crippen LogP contribution in [0.3, 0.4) is 0 Å². The number of aliphatic hydroxyl groups is 1. The van der Waals surface area contributed by atoms with Gasteiger partial charge in [-0.25, -0.2) is 0 Å². The van der Waals surface area contributed by atoms with Gasteiger partial charge in [0.05, 0.1) is 11.6 Å². The van der Waals surface area contributed by atoms with Gasteiger partial charge in [0.2, 0.25) is 0 Å². The van der Waals surface area contributed by atoms with Crippen LogP contribution in [0.2, 0.25) is 5.02 Å². The molecule has 0 bridgehead atoms. The molecule has 0 spiro atoms. The van der Waals surface area contributed by atoms with E-state index in [0.29, 0.717) is 12.0 Å². The first kappa shape index (κ1) is 17.3. The van der Waals surface area contributed by atoms with Gasteiger partial charge in [-0.3, -0.25) is 0 Å². The minimum absolute atomic E-state index is 0. The van der Waals surface area contributed by atoms with E-state index in [0.717, 1.165) is 6.07 Å². The zero-order valence-electron chi connectivity index (χ0n) is 9.08. The molecule has 18 heavy (non-hydrogen) atoms. The third-order valence-corrected chi connectivity index (χ3v) is 2.25. The van der Waals surface area contributed by atoms with E-state index in [2.05, 4.69) is 4.74 Å². The van der Waals surface area contributed by atoms with Gasteiger partial charge in [0.25, 0.3) is 0 Å². The van der Waals surface area contributed by atoms with Crippen molar-refractivity contribution >= 4 is 24.0 Å². The van der Waals surface area contributed by atoms with Crippen LogP contribution in [0.5, 0.6) is 5.75 Å². The summed E-state index contributed by atoms with van der Waals surface area (Å²) in [5.74, 6) is -0.458. The van der Waals surface area contributed by atoms with Crippen LogP contribution in [-0.4, -0.2) is 24.1 Å². The number of halogens is 5. The number of alkyl halides is 3. The maximum atomic E-state index is 12.0. The van der Waals surface area contributed by atoms with Gasteiger partial charge in [-0.1, -0.05) is 17.7 Å². The summed E-state index contributed by atoms with van der Waals surface area (Å²) in [6.07, 6.45) is -4.45. The molecule has 1 aromatic carbocycles. The fourth-order valence-electron chi connectivity index (χ4n) is 1.25. The van der Waals surface area contributed by atoms with E-state index >= 15 is 0 Å². The Balaban J connectivity index is 0.00000289.